The van der Waals surface area contributed by atoms with Crippen LogP contribution in [0.2, 0.25) is 0 Å². The summed E-state index contributed by atoms with van der Waals surface area (Å²) >= 11 is 0. The molecule has 0 spiro atoms. The molecule has 2 fully saturated rings. The van der Waals surface area contributed by atoms with E-state index in [1.165, 1.54) is 12.1 Å². The van der Waals surface area contributed by atoms with Gasteiger partial charge in [0.15, 0.2) is 0 Å². The Labute approximate surface area is 135 Å². The van der Waals surface area contributed by atoms with Gasteiger partial charge >= 0.3 is 0 Å². The van der Waals surface area contributed by atoms with Crippen LogP contribution in [0.15, 0.2) is 24.3 Å². The number of rotatable bonds is 7. The molecule has 2 saturated carbocycles. The molecule has 0 unspecified atom stereocenters. The molecule has 2 aliphatic rings. The minimum Gasteiger partial charge on any atom is -0.356 e. The summed E-state index contributed by atoms with van der Waals surface area (Å²) in [5.74, 6) is 0.400. The normalized spacial score (nSPS) is 23.0. The second-order valence-corrected chi connectivity index (χ2v) is 6.56. The summed E-state index contributed by atoms with van der Waals surface area (Å²) in [6.45, 7) is 1.19. The fraction of sp³-hybridized carbons (Fsp3) is 0.556. The van der Waals surface area contributed by atoms with Gasteiger partial charge in [-0.3, -0.25) is 9.59 Å². The molecular weight excluding hydrogens is 295 g/mol. The van der Waals surface area contributed by atoms with Crippen molar-refractivity contribution in [1.29, 1.82) is 0 Å². The number of carbonyl (C=O) groups excluding carboxylic acids is 2. The molecule has 23 heavy (non-hydrogen) atoms. The van der Waals surface area contributed by atoms with Crippen LogP contribution >= 0.6 is 0 Å². The third-order valence-electron chi connectivity index (χ3n) is 4.85. The van der Waals surface area contributed by atoms with Crippen LogP contribution in [-0.2, 0) is 9.59 Å². The van der Waals surface area contributed by atoms with E-state index in [9.17, 15) is 14.0 Å². The van der Waals surface area contributed by atoms with Gasteiger partial charge in [-0.15, -0.1) is 0 Å². The third kappa shape index (κ3) is 4.09. The highest BCUT2D eigenvalue weighted by atomic mass is 19.1. The molecule has 5 heteroatoms. The SMILES string of the molecule is O=C(NCCCNC(=O)[C@@H]1C[C@@H]1c1ccc(F)cc1)C1CCC1. The second-order valence-electron chi connectivity index (χ2n) is 6.56. The second kappa shape index (κ2) is 7.11. The fourth-order valence-corrected chi connectivity index (χ4v) is 3.02. The summed E-state index contributed by atoms with van der Waals surface area (Å²) in [6.07, 6.45) is 4.75. The van der Waals surface area contributed by atoms with Gasteiger partial charge < -0.3 is 10.6 Å². The molecule has 0 bridgehead atoms. The van der Waals surface area contributed by atoms with Crippen LogP contribution in [0.5, 0.6) is 0 Å². The first kappa shape index (κ1) is 16.0. The van der Waals surface area contributed by atoms with E-state index in [0.717, 1.165) is 37.7 Å². The van der Waals surface area contributed by atoms with Crippen molar-refractivity contribution in [3.63, 3.8) is 0 Å². The lowest BCUT2D eigenvalue weighted by Gasteiger charge is -2.23. The zero-order chi connectivity index (χ0) is 16.2. The highest BCUT2D eigenvalue weighted by Crippen LogP contribution is 2.47. The van der Waals surface area contributed by atoms with E-state index in [1.54, 1.807) is 12.1 Å². The molecule has 1 aromatic rings. The maximum absolute atomic E-state index is 12.9. The van der Waals surface area contributed by atoms with Crippen molar-refractivity contribution >= 4 is 11.8 Å². The first-order valence-corrected chi connectivity index (χ1v) is 8.46. The molecular formula is C18H23FN2O2. The number of benzene rings is 1. The zero-order valence-electron chi connectivity index (χ0n) is 13.2. The Morgan fingerprint density at radius 2 is 1.70 bits per heavy atom. The van der Waals surface area contributed by atoms with Gasteiger partial charge in [0.05, 0.1) is 0 Å². The standard InChI is InChI=1S/C18H23FN2O2/c19-14-7-5-12(6-8-14)15-11-16(15)18(23)21-10-2-9-20-17(22)13-3-1-4-13/h5-8,13,15-16H,1-4,9-11H2,(H,20,22)(H,21,23)/t15-,16-/m1/s1. The van der Waals surface area contributed by atoms with Crippen molar-refractivity contribution in [2.45, 2.75) is 38.0 Å². The number of amides is 2. The van der Waals surface area contributed by atoms with Crippen molar-refractivity contribution in [3.8, 4) is 0 Å². The molecule has 0 aromatic heterocycles. The van der Waals surface area contributed by atoms with Crippen LogP contribution in [0.3, 0.4) is 0 Å². The first-order valence-electron chi connectivity index (χ1n) is 8.46. The molecule has 2 amide bonds. The van der Waals surface area contributed by atoms with Crippen molar-refractivity contribution in [2.24, 2.45) is 11.8 Å². The Balaban J connectivity index is 1.30. The van der Waals surface area contributed by atoms with Crippen LogP contribution < -0.4 is 10.6 Å². The third-order valence-corrected chi connectivity index (χ3v) is 4.85. The Morgan fingerprint density at radius 3 is 2.30 bits per heavy atom. The Bertz CT molecular complexity index is 569. The maximum atomic E-state index is 12.9. The lowest BCUT2D eigenvalue weighted by molar-refractivity contribution is -0.127. The fourth-order valence-electron chi connectivity index (χ4n) is 3.02. The monoisotopic (exact) mass is 318 g/mol. The predicted molar refractivity (Wildman–Crippen MR) is 85.2 cm³/mol. The van der Waals surface area contributed by atoms with Gasteiger partial charge in [0.2, 0.25) is 11.8 Å². The summed E-state index contributed by atoms with van der Waals surface area (Å²) in [7, 11) is 0. The Hall–Kier alpha value is -1.91. The Morgan fingerprint density at radius 1 is 1.04 bits per heavy atom. The van der Waals surface area contributed by atoms with Gasteiger partial charge in [0.25, 0.3) is 0 Å². The number of halogens is 1. The van der Waals surface area contributed by atoms with Gasteiger partial charge in [0, 0.05) is 24.9 Å². The minimum atomic E-state index is -0.251. The van der Waals surface area contributed by atoms with E-state index in [4.69, 9.17) is 0 Å². The van der Waals surface area contributed by atoms with E-state index in [-0.39, 0.29) is 35.4 Å². The predicted octanol–water partition coefficient (Wildman–Crippen LogP) is 2.35. The van der Waals surface area contributed by atoms with Crippen LogP contribution in [-0.4, -0.2) is 24.9 Å². The number of carbonyl (C=O) groups is 2. The van der Waals surface area contributed by atoms with Gasteiger partial charge in [-0.1, -0.05) is 18.6 Å². The number of hydrogen-bond donors (Lipinski definition) is 2. The molecule has 0 aliphatic heterocycles. The molecule has 0 radical (unpaired) electrons. The minimum absolute atomic E-state index is 0.00466. The number of hydrogen-bond acceptors (Lipinski definition) is 2. The number of nitrogens with one attached hydrogen (secondary N) is 2. The quantitative estimate of drug-likeness (QED) is 0.758. The van der Waals surface area contributed by atoms with Crippen molar-refractivity contribution in [3.05, 3.63) is 35.6 Å². The van der Waals surface area contributed by atoms with Crippen molar-refractivity contribution < 1.29 is 14.0 Å². The lowest BCUT2D eigenvalue weighted by Crippen LogP contribution is -2.36. The zero-order valence-corrected chi connectivity index (χ0v) is 13.2. The van der Waals surface area contributed by atoms with Gasteiger partial charge in [-0.05, 0) is 49.3 Å². The lowest BCUT2D eigenvalue weighted by atomic mass is 9.85. The van der Waals surface area contributed by atoms with E-state index < -0.39 is 0 Å². The van der Waals surface area contributed by atoms with Gasteiger partial charge in [-0.25, -0.2) is 4.39 Å². The molecule has 0 heterocycles. The van der Waals surface area contributed by atoms with E-state index in [2.05, 4.69) is 10.6 Å². The van der Waals surface area contributed by atoms with E-state index in [0.29, 0.717) is 13.1 Å². The van der Waals surface area contributed by atoms with E-state index >= 15 is 0 Å². The summed E-state index contributed by atoms with van der Waals surface area (Å²) in [6, 6.07) is 6.38. The molecule has 124 valence electrons. The molecule has 2 aliphatic carbocycles. The molecule has 3 rings (SSSR count). The summed E-state index contributed by atoms with van der Waals surface area (Å²) in [5, 5.41) is 5.84. The first-order chi connectivity index (χ1) is 11.1. The average molecular weight is 318 g/mol. The van der Waals surface area contributed by atoms with Crippen molar-refractivity contribution in [1.82, 2.24) is 10.6 Å². The molecule has 1 aromatic carbocycles. The maximum Gasteiger partial charge on any atom is 0.223 e. The Kier molecular flexibility index (Phi) is 4.94. The molecule has 2 N–H and O–H groups in total. The van der Waals surface area contributed by atoms with Crippen LogP contribution in [0, 0.1) is 17.7 Å². The summed E-state index contributed by atoms with van der Waals surface area (Å²) < 4.78 is 12.9. The summed E-state index contributed by atoms with van der Waals surface area (Å²) in [5.41, 5.74) is 1.03. The van der Waals surface area contributed by atoms with Crippen LogP contribution in [0.4, 0.5) is 4.39 Å². The van der Waals surface area contributed by atoms with Crippen LogP contribution in [0.1, 0.15) is 43.6 Å². The van der Waals surface area contributed by atoms with E-state index in [1.807, 2.05) is 0 Å². The highest BCUT2D eigenvalue weighted by Gasteiger charge is 2.43. The molecule has 0 saturated heterocycles. The van der Waals surface area contributed by atoms with Crippen LogP contribution in [0.25, 0.3) is 0 Å². The average Bonchev–Trinajstić information content (AvgIpc) is 3.26. The van der Waals surface area contributed by atoms with Gasteiger partial charge in [-0.2, -0.15) is 0 Å². The summed E-state index contributed by atoms with van der Waals surface area (Å²) in [4.78, 5) is 23.7. The van der Waals surface area contributed by atoms with Gasteiger partial charge in [0.1, 0.15) is 5.82 Å². The molecule has 2 atom stereocenters. The molecule has 4 nitrogen and oxygen atoms in total. The largest absolute Gasteiger partial charge is 0.356 e. The van der Waals surface area contributed by atoms with Crippen molar-refractivity contribution in [2.75, 3.05) is 13.1 Å². The topological polar surface area (TPSA) is 58.2 Å². The smallest absolute Gasteiger partial charge is 0.223 e. The highest BCUT2D eigenvalue weighted by molar-refractivity contribution is 5.83.